The molecule has 0 spiro atoms. The molecule has 0 saturated carbocycles. The van der Waals surface area contributed by atoms with Crippen LogP contribution in [0.1, 0.15) is 32.5 Å². The van der Waals surface area contributed by atoms with Crippen molar-refractivity contribution in [1.82, 2.24) is 14.9 Å². The third-order valence-electron chi connectivity index (χ3n) is 2.92. The molecule has 0 saturated heterocycles. The summed E-state index contributed by atoms with van der Waals surface area (Å²) in [6.07, 6.45) is 5.04. The van der Waals surface area contributed by atoms with Gasteiger partial charge in [-0.3, -0.25) is 0 Å². The molecule has 1 N–H and O–H groups in total. The lowest BCUT2D eigenvalue weighted by molar-refractivity contribution is 0.377. The van der Waals surface area contributed by atoms with Gasteiger partial charge in [0.05, 0.1) is 0 Å². The molecule has 13 heavy (non-hydrogen) atoms. The third kappa shape index (κ3) is 1.53. The molecule has 2 heterocycles. The van der Waals surface area contributed by atoms with Crippen LogP contribution in [0.5, 0.6) is 0 Å². The van der Waals surface area contributed by atoms with E-state index in [0.717, 1.165) is 12.2 Å². The maximum absolute atomic E-state index is 4.17. The molecule has 0 fully saturated rings. The topological polar surface area (TPSA) is 42.7 Å². The number of aromatic nitrogens is 3. The van der Waals surface area contributed by atoms with E-state index < -0.39 is 0 Å². The van der Waals surface area contributed by atoms with Crippen molar-refractivity contribution in [2.24, 2.45) is 5.92 Å². The molecule has 0 aromatic carbocycles. The van der Waals surface area contributed by atoms with Gasteiger partial charge < -0.3 is 5.43 Å². The number of nitrogens with zero attached hydrogens (tertiary/aromatic N) is 3. The van der Waals surface area contributed by atoms with Gasteiger partial charge in [-0.25, -0.2) is 4.98 Å². The standard InChI is InChI=1S/C9H16N4/c1-3-7(2)8-4-5-9-10-6-11-13(9)12-8/h6-8,12H,3-5H2,1-2H3. The highest BCUT2D eigenvalue weighted by molar-refractivity contribution is 4.99. The van der Waals surface area contributed by atoms with Gasteiger partial charge in [0.25, 0.3) is 0 Å². The van der Waals surface area contributed by atoms with Gasteiger partial charge in [0.15, 0.2) is 0 Å². The monoisotopic (exact) mass is 180 g/mol. The van der Waals surface area contributed by atoms with Crippen LogP contribution in [0.2, 0.25) is 0 Å². The summed E-state index contributed by atoms with van der Waals surface area (Å²) in [5.41, 5.74) is 3.37. The lowest BCUT2D eigenvalue weighted by atomic mass is 9.95. The Morgan fingerprint density at radius 2 is 2.62 bits per heavy atom. The molecule has 1 aromatic heterocycles. The summed E-state index contributed by atoms with van der Waals surface area (Å²) in [6.45, 7) is 4.50. The van der Waals surface area contributed by atoms with E-state index in [4.69, 9.17) is 0 Å². The lowest BCUT2D eigenvalue weighted by Crippen LogP contribution is -2.39. The van der Waals surface area contributed by atoms with Crippen LogP contribution in [0.25, 0.3) is 0 Å². The van der Waals surface area contributed by atoms with Gasteiger partial charge >= 0.3 is 0 Å². The van der Waals surface area contributed by atoms with Crippen LogP contribution in [0.3, 0.4) is 0 Å². The molecule has 2 atom stereocenters. The van der Waals surface area contributed by atoms with Gasteiger partial charge in [0, 0.05) is 12.5 Å². The number of rotatable bonds is 2. The van der Waals surface area contributed by atoms with Crippen LogP contribution in [0.15, 0.2) is 6.33 Å². The Balaban J connectivity index is 2.08. The van der Waals surface area contributed by atoms with Gasteiger partial charge in [0.1, 0.15) is 12.2 Å². The van der Waals surface area contributed by atoms with Gasteiger partial charge in [-0.15, -0.1) is 5.10 Å². The van der Waals surface area contributed by atoms with Crippen molar-refractivity contribution in [3.63, 3.8) is 0 Å². The first-order chi connectivity index (χ1) is 6.31. The first-order valence-electron chi connectivity index (χ1n) is 4.96. The van der Waals surface area contributed by atoms with Gasteiger partial charge in [-0.1, -0.05) is 20.3 Å². The van der Waals surface area contributed by atoms with E-state index in [2.05, 4.69) is 29.4 Å². The van der Waals surface area contributed by atoms with Gasteiger partial charge in [-0.05, 0) is 12.3 Å². The van der Waals surface area contributed by atoms with E-state index in [-0.39, 0.29) is 0 Å². The molecule has 72 valence electrons. The fourth-order valence-electron chi connectivity index (χ4n) is 1.75. The fourth-order valence-corrected chi connectivity index (χ4v) is 1.75. The minimum atomic E-state index is 0.555. The number of aryl methyl sites for hydroxylation is 1. The molecular formula is C9H16N4. The van der Waals surface area contributed by atoms with Crippen molar-refractivity contribution in [2.45, 2.75) is 39.2 Å². The Morgan fingerprint density at radius 3 is 3.38 bits per heavy atom. The molecular weight excluding hydrogens is 164 g/mol. The van der Waals surface area contributed by atoms with Crippen LogP contribution in [0, 0.1) is 5.92 Å². The molecule has 4 heteroatoms. The highest BCUT2D eigenvalue weighted by Crippen LogP contribution is 2.17. The lowest BCUT2D eigenvalue weighted by Gasteiger charge is -2.28. The maximum Gasteiger partial charge on any atom is 0.150 e. The van der Waals surface area contributed by atoms with E-state index in [1.807, 2.05) is 4.79 Å². The SMILES string of the molecule is CCC(C)C1CCc2ncnn2N1. The number of hydrogen-bond donors (Lipinski definition) is 1. The predicted octanol–water partition coefficient (Wildman–Crippen LogP) is 1.18. The second-order valence-electron chi connectivity index (χ2n) is 3.75. The minimum Gasteiger partial charge on any atom is -0.305 e. The summed E-state index contributed by atoms with van der Waals surface area (Å²) >= 11 is 0. The number of hydrogen-bond acceptors (Lipinski definition) is 3. The van der Waals surface area contributed by atoms with Crippen molar-refractivity contribution in [3.8, 4) is 0 Å². The highest BCUT2D eigenvalue weighted by atomic mass is 15.6. The molecule has 1 aliphatic heterocycles. The molecule has 1 aromatic rings. The second kappa shape index (κ2) is 3.36. The summed E-state index contributed by atoms with van der Waals surface area (Å²) in [5, 5.41) is 4.12. The Bertz CT molecular complexity index is 281. The smallest absolute Gasteiger partial charge is 0.150 e. The van der Waals surface area contributed by atoms with Crippen LogP contribution >= 0.6 is 0 Å². The summed E-state index contributed by atoms with van der Waals surface area (Å²) in [4.78, 5) is 5.99. The van der Waals surface area contributed by atoms with Crippen molar-refractivity contribution in [3.05, 3.63) is 12.2 Å². The first kappa shape index (κ1) is 8.53. The molecule has 4 nitrogen and oxygen atoms in total. The zero-order valence-corrected chi connectivity index (χ0v) is 8.20. The molecule has 0 radical (unpaired) electrons. The third-order valence-corrected chi connectivity index (χ3v) is 2.92. The Hall–Kier alpha value is -1.06. The van der Waals surface area contributed by atoms with Crippen molar-refractivity contribution in [1.29, 1.82) is 0 Å². The average molecular weight is 180 g/mol. The maximum atomic E-state index is 4.17. The van der Waals surface area contributed by atoms with Crippen molar-refractivity contribution >= 4 is 0 Å². The largest absolute Gasteiger partial charge is 0.305 e. The normalized spacial score (nSPS) is 23.4. The van der Waals surface area contributed by atoms with Crippen LogP contribution in [-0.4, -0.2) is 20.9 Å². The molecule has 1 aliphatic rings. The second-order valence-corrected chi connectivity index (χ2v) is 3.75. The molecule has 0 bridgehead atoms. The number of nitrogens with one attached hydrogen (secondary N) is 1. The van der Waals surface area contributed by atoms with E-state index in [1.165, 1.54) is 12.8 Å². The summed E-state index contributed by atoms with van der Waals surface area (Å²) < 4.78 is 0. The Morgan fingerprint density at radius 1 is 1.77 bits per heavy atom. The Labute approximate surface area is 78.3 Å². The average Bonchev–Trinajstić information content (AvgIpc) is 2.63. The van der Waals surface area contributed by atoms with Gasteiger partial charge in [-0.2, -0.15) is 4.79 Å². The Kier molecular flexibility index (Phi) is 2.20. The zero-order valence-electron chi connectivity index (χ0n) is 8.20. The highest BCUT2D eigenvalue weighted by Gasteiger charge is 2.22. The molecule has 0 aliphatic carbocycles. The van der Waals surface area contributed by atoms with E-state index in [9.17, 15) is 0 Å². The summed E-state index contributed by atoms with van der Waals surface area (Å²) in [6, 6.07) is 0.555. The quantitative estimate of drug-likeness (QED) is 0.743. The van der Waals surface area contributed by atoms with Crippen LogP contribution < -0.4 is 5.43 Å². The van der Waals surface area contributed by atoms with Crippen LogP contribution in [0.4, 0.5) is 0 Å². The number of fused-ring (bicyclic) bond motifs is 1. The van der Waals surface area contributed by atoms with Gasteiger partial charge in [0.2, 0.25) is 0 Å². The van der Waals surface area contributed by atoms with E-state index in [1.54, 1.807) is 6.33 Å². The first-order valence-corrected chi connectivity index (χ1v) is 4.96. The molecule has 0 amide bonds. The fraction of sp³-hybridized carbons (Fsp3) is 0.778. The van der Waals surface area contributed by atoms with E-state index in [0.29, 0.717) is 12.0 Å². The predicted molar refractivity (Wildman–Crippen MR) is 50.9 cm³/mol. The summed E-state index contributed by atoms with van der Waals surface area (Å²) in [7, 11) is 0. The van der Waals surface area contributed by atoms with Crippen molar-refractivity contribution in [2.75, 3.05) is 5.43 Å². The minimum absolute atomic E-state index is 0.555. The molecule has 2 unspecified atom stereocenters. The zero-order chi connectivity index (χ0) is 9.26. The van der Waals surface area contributed by atoms with E-state index >= 15 is 0 Å². The van der Waals surface area contributed by atoms with Crippen molar-refractivity contribution < 1.29 is 0 Å². The summed E-state index contributed by atoms with van der Waals surface area (Å²) in [5.74, 6) is 1.76. The van der Waals surface area contributed by atoms with Crippen LogP contribution in [-0.2, 0) is 6.42 Å². The molecule has 2 rings (SSSR count).